The second-order valence-electron chi connectivity index (χ2n) is 5.57. The summed E-state index contributed by atoms with van der Waals surface area (Å²) in [5, 5.41) is 8.81. The second-order valence-corrected chi connectivity index (χ2v) is 5.57. The lowest BCUT2D eigenvalue weighted by atomic mass is 9.93. The summed E-state index contributed by atoms with van der Waals surface area (Å²) in [5.74, 6) is -0.315. The number of carboxylic acid groups (broad SMARTS) is 1. The average molecular weight is 277 g/mol. The van der Waals surface area contributed by atoms with E-state index < -0.39 is 5.97 Å². The summed E-state index contributed by atoms with van der Waals surface area (Å²) in [6.45, 7) is 3.60. The zero-order valence-electron chi connectivity index (χ0n) is 12.0. The van der Waals surface area contributed by atoms with Crippen molar-refractivity contribution in [3.63, 3.8) is 0 Å². The molecule has 0 radical (unpaired) electrons. The van der Waals surface area contributed by atoms with Crippen LogP contribution in [0, 0.1) is 5.92 Å². The number of ether oxygens (including phenoxy) is 1. The van der Waals surface area contributed by atoms with Gasteiger partial charge < -0.3 is 9.84 Å². The molecule has 2 rings (SSSR count). The van der Waals surface area contributed by atoms with Gasteiger partial charge in [0.1, 0.15) is 0 Å². The summed E-state index contributed by atoms with van der Waals surface area (Å²) in [6, 6.07) is 8.52. The highest BCUT2D eigenvalue weighted by Gasteiger charge is 2.21. The van der Waals surface area contributed by atoms with E-state index in [2.05, 4.69) is 29.2 Å². The highest BCUT2D eigenvalue weighted by atomic mass is 16.5. The molecule has 1 fully saturated rings. The molecule has 1 N–H and O–H groups in total. The Morgan fingerprint density at radius 1 is 1.25 bits per heavy atom. The Hall–Kier alpha value is -1.39. The van der Waals surface area contributed by atoms with Gasteiger partial charge in [0.2, 0.25) is 0 Å². The summed E-state index contributed by atoms with van der Waals surface area (Å²) >= 11 is 0. The minimum atomic E-state index is -0.669. The highest BCUT2D eigenvalue weighted by molar-refractivity contribution is 5.67. The second kappa shape index (κ2) is 7.41. The van der Waals surface area contributed by atoms with Crippen LogP contribution in [-0.2, 0) is 22.7 Å². The number of benzene rings is 1. The van der Waals surface area contributed by atoms with Crippen LogP contribution in [0.15, 0.2) is 24.3 Å². The number of hydrogen-bond donors (Lipinski definition) is 1. The minimum absolute atomic E-state index is 0.319. The van der Waals surface area contributed by atoms with Gasteiger partial charge in [-0.2, -0.15) is 0 Å². The zero-order chi connectivity index (χ0) is 14.4. The third-order valence-corrected chi connectivity index (χ3v) is 3.91. The summed E-state index contributed by atoms with van der Waals surface area (Å²) in [6.07, 6.45) is 2.31. The predicted molar refractivity (Wildman–Crippen MR) is 77.4 cm³/mol. The van der Waals surface area contributed by atoms with Crippen LogP contribution in [0.3, 0.4) is 0 Å². The van der Waals surface area contributed by atoms with Crippen LogP contribution in [0.1, 0.15) is 30.4 Å². The number of nitrogens with zero attached hydrogens (tertiary/aromatic N) is 1. The van der Waals surface area contributed by atoms with E-state index in [-0.39, 0.29) is 0 Å². The van der Waals surface area contributed by atoms with E-state index in [1.807, 2.05) is 0 Å². The largest absolute Gasteiger partial charge is 0.481 e. The molecule has 0 spiro atoms. The molecule has 1 aliphatic heterocycles. The first kappa shape index (κ1) is 15.0. The van der Waals surface area contributed by atoms with E-state index in [0.717, 1.165) is 32.5 Å². The maximum absolute atomic E-state index is 10.7. The molecule has 4 nitrogen and oxygen atoms in total. The summed E-state index contributed by atoms with van der Waals surface area (Å²) in [4.78, 5) is 13.1. The van der Waals surface area contributed by atoms with Crippen molar-refractivity contribution in [3.8, 4) is 0 Å². The molecular weight excluding hydrogens is 254 g/mol. The maximum Gasteiger partial charge on any atom is 0.303 e. The number of carbonyl (C=O) groups is 1. The van der Waals surface area contributed by atoms with Crippen molar-refractivity contribution in [2.24, 2.45) is 5.92 Å². The molecule has 0 aliphatic carbocycles. The lowest BCUT2D eigenvalue weighted by molar-refractivity contribution is -0.138. The fourth-order valence-corrected chi connectivity index (χ4v) is 2.76. The number of carboxylic acids is 1. The molecule has 1 heterocycles. The van der Waals surface area contributed by atoms with Crippen molar-refractivity contribution in [1.82, 2.24) is 4.90 Å². The van der Waals surface area contributed by atoms with Gasteiger partial charge in [0.05, 0.1) is 6.61 Å². The minimum Gasteiger partial charge on any atom is -0.481 e. The molecule has 1 aromatic carbocycles. The lowest BCUT2D eigenvalue weighted by Crippen LogP contribution is -2.33. The molecule has 110 valence electrons. The van der Waals surface area contributed by atoms with Gasteiger partial charge in [-0.25, -0.2) is 0 Å². The van der Waals surface area contributed by atoms with Gasteiger partial charge in [0.15, 0.2) is 0 Å². The normalized spacial score (nSPS) is 17.2. The zero-order valence-corrected chi connectivity index (χ0v) is 12.0. The molecule has 4 heteroatoms. The molecule has 1 saturated heterocycles. The van der Waals surface area contributed by atoms with Crippen LogP contribution in [-0.4, -0.2) is 36.2 Å². The quantitative estimate of drug-likeness (QED) is 0.868. The van der Waals surface area contributed by atoms with Gasteiger partial charge in [-0.05, 0) is 43.0 Å². The molecule has 0 unspecified atom stereocenters. The van der Waals surface area contributed by atoms with Crippen molar-refractivity contribution in [1.29, 1.82) is 0 Å². The topological polar surface area (TPSA) is 49.8 Å². The van der Waals surface area contributed by atoms with E-state index in [4.69, 9.17) is 9.84 Å². The number of aliphatic carboxylic acids is 1. The molecule has 1 aromatic rings. The van der Waals surface area contributed by atoms with E-state index >= 15 is 0 Å². The van der Waals surface area contributed by atoms with Crippen LogP contribution in [0.4, 0.5) is 0 Å². The Morgan fingerprint density at radius 2 is 1.85 bits per heavy atom. The van der Waals surface area contributed by atoms with Crippen molar-refractivity contribution in [2.75, 3.05) is 20.2 Å². The maximum atomic E-state index is 10.7. The average Bonchev–Trinajstić information content (AvgIpc) is 2.43. The Balaban J connectivity index is 1.78. The Labute approximate surface area is 120 Å². The van der Waals surface area contributed by atoms with Crippen LogP contribution in [0.25, 0.3) is 0 Å². The number of methoxy groups -OCH3 is 1. The van der Waals surface area contributed by atoms with Crippen molar-refractivity contribution >= 4 is 5.97 Å². The van der Waals surface area contributed by atoms with E-state index in [0.29, 0.717) is 18.9 Å². The SMILES string of the molecule is COCc1ccc(CN2CCC(CC(=O)O)CC2)cc1. The fourth-order valence-electron chi connectivity index (χ4n) is 2.76. The third-order valence-electron chi connectivity index (χ3n) is 3.91. The summed E-state index contributed by atoms with van der Waals surface area (Å²) < 4.78 is 5.10. The van der Waals surface area contributed by atoms with Gasteiger partial charge in [-0.1, -0.05) is 24.3 Å². The Bertz CT molecular complexity index is 422. The first-order chi connectivity index (χ1) is 9.67. The standard InChI is InChI=1S/C16H23NO3/c1-20-12-15-4-2-14(3-5-15)11-17-8-6-13(7-9-17)10-16(18)19/h2-5,13H,6-12H2,1H3,(H,18,19). The molecular formula is C16H23NO3. The van der Waals surface area contributed by atoms with E-state index in [1.54, 1.807) is 7.11 Å². The van der Waals surface area contributed by atoms with Crippen LogP contribution >= 0.6 is 0 Å². The van der Waals surface area contributed by atoms with Gasteiger partial charge in [-0.15, -0.1) is 0 Å². The Kier molecular flexibility index (Phi) is 5.56. The first-order valence-electron chi connectivity index (χ1n) is 7.18. The predicted octanol–water partition coefficient (Wildman–Crippen LogP) is 2.52. The van der Waals surface area contributed by atoms with Gasteiger partial charge in [0, 0.05) is 20.1 Å². The lowest BCUT2D eigenvalue weighted by Gasteiger charge is -2.31. The highest BCUT2D eigenvalue weighted by Crippen LogP contribution is 2.21. The van der Waals surface area contributed by atoms with Crippen LogP contribution < -0.4 is 0 Å². The molecule has 0 amide bonds. The van der Waals surface area contributed by atoms with E-state index in [9.17, 15) is 4.79 Å². The molecule has 0 atom stereocenters. The third kappa shape index (κ3) is 4.62. The van der Waals surface area contributed by atoms with Gasteiger partial charge in [-0.3, -0.25) is 9.69 Å². The van der Waals surface area contributed by atoms with Crippen molar-refractivity contribution in [3.05, 3.63) is 35.4 Å². The van der Waals surface area contributed by atoms with Crippen molar-refractivity contribution in [2.45, 2.75) is 32.4 Å². The van der Waals surface area contributed by atoms with Crippen molar-refractivity contribution < 1.29 is 14.6 Å². The Morgan fingerprint density at radius 3 is 2.40 bits per heavy atom. The number of rotatable bonds is 6. The van der Waals surface area contributed by atoms with E-state index in [1.165, 1.54) is 11.1 Å². The molecule has 0 saturated carbocycles. The number of hydrogen-bond acceptors (Lipinski definition) is 3. The van der Waals surface area contributed by atoms with Crippen LogP contribution in [0.2, 0.25) is 0 Å². The number of piperidine rings is 1. The number of likely N-dealkylation sites (tertiary alicyclic amines) is 1. The molecule has 0 bridgehead atoms. The fraction of sp³-hybridized carbons (Fsp3) is 0.562. The molecule has 1 aliphatic rings. The van der Waals surface area contributed by atoms with Gasteiger partial charge >= 0.3 is 5.97 Å². The van der Waals surface area contributed by atoms with Gasteiger partial charge in [0.25, 0.3) is 0 Å². The smallest absolute Gasteiger partial charge is 0.303 e. The summed E-state index contributed by atoms with van der Waals surface area (Å²) in [7, 11) is 1.70. The monoisotopic (exact) mass is 277 g/mol. The molecule has 20 heavy (non-hydrogen) atoms. The first-order valence-corrected chi connectivity index (χ1v) is 7.18. The summed E-state index contributed by atoms with van der Waals surface area (Å²) in [5.41, 5.74) is 2.50. The molecule has 0 aromatic heterocycles. The van der Waals surface area contributed by atoms with Crippen LogP contribution in [0.5, 0.6) is 0 Å².